The molecular weight excluding hydrogens is 522 g/mol. The molecule has 0 radical (unpaired) electrons. The fourth-order valence-electron chi connectivity index (χ4n) is 12.3. The average molecular weight is 580 g/mol. The number of fused-ring (bicyclic) bond motifs is 20. The van der Waals surface area contributed by atoms with Crippen molar-refractivity contribution in [3.8, 4) is 0 Å². The Morgan fingerprint density at radius 2 is 0.619 bits per heavy atom. The zero-order valence-electron chi connectivity index (χ0n) is 25.5. The maximum atomic E-state index is 8.39. The Labute approximate surface area is 252 Å². The first-order valence-electron chi connectivity index (χ1n) is 18.3. The van der Waals surface area contributed by atoms with Crippen LogP contribution in [0.15, 0.2) is 0 Å². The second kappa shape index (κ2) is 11.3. The molecule has 0 aromatic heterocycles. The predicted octanol–water partition coefficient (Wildman–Crippen LogP) is 2.48. The van der Waals surface area contributed by atoms with Crippen molar-refractivity contribution in [1.82, 2.24) is 42.5 Å². The molecule has 0 aromatic rings. The third-order valence-electron chi connectivity index (χ3n) is 14.2. The van der Waals surface area contributed by atoms with Gasteiger partial charge in [0.05, 0.1) is 49.3 Å². The summed E-state index contributed by atoms with van der Waals surface area (Å²) in [6.45, 7) is 0. The molecule has 9 aliphatic rings. The SMILES string of the molecule is N=CC1CCCC2C3NC4NC(NC5NC(NC6NC(NC(N3)C12)C1CCCCC61)C1CCCCC51)C1CCCCC41. The Kier molecular flexibility index (Phi) is 7.44. The lowest BCUT2D eigenvalue weighted by molar-refractivity contribution is 0.153. The van der Waals surface area contributed by atoms with Crippen molar-refractivity contribution in [2.45, 2.75) is 146 Å². The van der Waals surface area contributed by atoms with E-state index < -0.39 is 0 Å². The minimum Gasteiger partial charge on any atom is -0.313 e. The van der Waals surface area contributed by atoms with Crippen LogP contribution >= 0.6 is 0 Å². The lowest BCUT2D eigenvalue weighted by Gasteiger charge is -2.38. The van der Waals surface area contributed by atoms with Crippen LogP contribution in [0.3, 0.4) is 0 Å². The second-order valence-electron chi connectivity index (χ2n) is 16.0. The van der Waals surface area contributed by atoms with Crippen LogP contribution in [0, 0.1) is 58.7 Å². The zero-order chi connectivity index (χ0) is 27.8. The highest BCUT2D eigenvalue weighted by Crippen LogP contribution is 2.46. The molecule has 4 aliphatic carbocycles. The van der Waals surface area contributed by atoms with Gasteiger partial charge in [0.25, 0.3) is 0 Å². The minimum absolute atomic E-state index is 0.250. The molecule has 0 aromatic carbocycles. The summed E-state index contributed by atoms with van der Waals surface area (Å²) in [5.74, 6) is 5.64. The van der Waals surface area contributed by atoms with Crippen molar-refractivity contribution in [3.05, 3.63) is 0 Å². The molecule has 4 saturated carbocycles. The van der Waals surface area contributed by atoms with Crippen molar-refractivity contribution in [2.75, 3.05) is 0 Å². The van der Waals surface area contributed by atoms with Gasteiger partial charge in [0, 0.05) is 5.92 Å². The summed E-state index contributed by atoms with van der Waals surface area (Å²) in [7, 11) is 0. The summed E-state index contributed by atoms with van der Waals surface area (Å²) >= 11 is 0. The number of hydrogen-bond acceptors (Lipinski definition) is 9. The molecular formula is C33H57N9. The number of rotatable bonds is 1. The maximum Gasteiger partial charge on any atom is 0.0634 e. The van der Waals surface area contributed by atoms with Crippen LogP contribution < -0.4 is 42.5 Å². The normalized spacial score (nSPS) is 57.1. The molecule has 5 saturated heterocycles. The second-order valence-corrected chi connectivity index (χ2v) is 16.0. The maximum absolute atomic E-state index is 8.39. The van der Waals surface area contributed by atoms with Crippen LogP contribution in [0.4, 0.5) is 0 Å². The van der Waals surface area contributed by atoms with E-state index in [-0.39, 0.29) is 6.17 Å². The van der Waals surface area contributed by atoms with Gasteiger partial charge in [0.2, 0.25) is 0 Å². The molecule has 5 heterocycles. The Hall–Kier alpha value is -0.650. The largest absolute Gasteiger partial charge is 0.313 e. The van der Waals surface area contributed by atoms with E-state index in [1.807, 2.05) is 0 Å². The van der Waals surface area contributed by atoms with Crippen molar-refractivity contribution >= 4 is 6.21 Å². The standard InChI is InChI=1S/C33H57N9/c34-16-17-8-7-15-24-25(17)33-41-31-23-14-6-5-13-22(23)29(39-31)37-27-19-10-2-1-9-18(19)26(35-27)36-28-20-11-3-4-12-21(20)30(38-28)40-32(24)42-33/h16-42H,1-15H2. The fourth-order valence-corrected chi connectivity index (χ4v) is 12.3. The Balaban J connectivity index is 1.07. The molecule has 8 bridgehead atoms. The molecule has 42 heavy (non-hydrogen) atoms. The van der Waals surface area contributed by atoms with Gasteiger partial charge in [-0.15, -0.1) is 0 Å². The molecule has 9 heteroatoms. The van der Waals surface area contributed by atoms with E-state index in [9.17, 15) is 0 Å². The van der Waals surface area contributed by atoms with Gasteiger partial charge in [-0.05, 0) is 105 Å². The molecule has 5 aliphatic heterocycles. The third-order valence-corrected chi connectivity index (χ3v) is 14.2. The summed E-state index contributed by atoms with van der Waals surface area (Å²) in [5, 5.41) is 42.0. The summed E-state index contributed by atoms with van der Waals surface area (Å²) in [4.78, 5) is 0. The first-order chi connectivity index (χ1) is 20.7. The van der Waals surface area contributed by atoms with Crippen molar-refractivity contribution in [2.24, 2.45) is 53.3 Å². The average Bonchev–Trinajstić information content (AvgIpc) is 3.76. The fraction of sp³-hybridized carbons (Fsp3) is 0.970. The highest BCUT2D eigenvalue weighted by Gasteiger charge is 2.55. The van der Waals surface area contributed by atoms with Gasteiger partial charge in [0.15, 0.2) is 0 Å². The summed E-state index contributed by atoms with van der Waals surface area (Å²) in [5.41, 5.74) is 0. The smallest absolute Gasteiger partial charge is 0.0634 e. The van der Waals surface area contributed by atoms with Gasteiger partial charge in [-0.25, -0.2) is 0 Å². The van der Waals surface area contributed by atoms with E-state index in [0.717, 1.165) is 5.92 Å². The van der Waals surface area contributed by atoms with Crippen LogP contribution in [-0.2, 0) is 0 Å². The van der Waals surface area contributed by atoms with Gasteiger partial charge in [-0.3, -0.25) is 42.5 Å². The van der Waals surface area contributed by atoms with E-state index in [0.29, 0.717) is 90.5 Å². The highest BCUT2D eigenvalue weighted by molar-refractivity contribution is 5.58. The summed E-state index contributed by atoms with van der Waals surface area (Å²) in [6, 6.07) is 0. The first kappa shape index (κ1) is 27.6. The predicted molar refractivity (Wildman–Crippen MR) is 165 cm³/mol. The Morgan fingerprint density at radius 3 is 0.952 bits per heavy atom. The molecule has 0 amide bonds. The first-order valence-corrected chi connectivity index (χ1v) is 18.3. The monoisotopic (exact) mass is 579 g/mol. The lowest BCUT2D eigenvalue weighted by atomic mass is 9.71. The molecule has 234 valence electrons. The lowest BCUT2D eigenvalue weighted by Crippen LogP contribution is -2.61. The van der Waals surface area contributed by atoms with Crippen LogP contribution in [0.5, 0.6) is 0 Å². The van der Waals surface area contributed by atoms with Crippen LogP contribution in [0.1, 0.15) is 96.3 Å². The topological polar surface area (TPSA) is 120 Å². The van der Waals surface area contributed by atoms with E-state index in [1.54, 1.807) is 6.21 Å². The van der Waals surface area contributed by atoms with Crippen molar-refractivity contribution < 1.29 is 0 Å². The van der Waals surface area contributed by atoms with Gasteiger partial charge < -0.3 is 5.41 Å². The van der Waals surface area contributed by atoms with Crippen LogP contribution in [0.25, 0.3) is 0 Å². The van der Waals surface area contributed by atoms with Gasteiger partial charge in [-0.2, -0.15) is 0 Å². The van der Waals surface area contributed by atoms with E-state index in [4.69, 9.17) is 5.41 Å². The summed E-state index contributed by atoms with van der Waals surface area (Å²) < 4.78 is 0. The van der Waals surface area contributed by atoms with Crippen molar-refractivity contribution in [1.29, 1.82) is 5.41 Å². The van der Waals surface area contributed by atoms with Crippen molar-refractivity contribution in [3.63, 3.8) is 0 Å². The highest BCUT2D eigenvalue weighted by atomic mass is 15.4. The molecule has 9 rings (SSSR count). The third kappa shape index (κ3) is 4.58. The Bertz CT molecular complexity index is 993. The molecule has 0 spiro atoms. The molecule has 17 unspecified atom stereocenters. The van der Waals surface area contributed by atoms with E-state index in [2.05, 4.69) is 42.5 Å². The molecule has 9 nitrogen and oxygen atoms in total. The van der Waals surface area contributed by atoms with E-state index in [1.165, 1.54) is 96.3 Å². The minimum atomic E-state index is 0.250. The summed E-state index contributed by atoms with van der Waals surface area (Å²) in [6.07, 6.45) is 24.5. The molecule has 17 atom stereocenters. The number of nitrogens with one attached hydrogen (secondary N) is 9. The molecule has 9 N–H and O–H groups in total. The zero-order valence-corrected chi connectivity index (χ0v) is 25.5. The van der Waals surface area contributed by atoms with Gasteiger partial charge in [0.1, 0.15) is 0 Å². The Morgan fingerprint density at radius 1 is 0.333 bits per heavy atom. The van der Waals surface area contributed by atoms with Gasteiger partial charge >= 0.3 is 0 Å². The van der Waals surface area contributed by atoms with E-state index >= 15 is 0 Å². The number of hydrogen-bond donors (Lipinski definition) is 9. The van der Waals surface area contributed by atoms with Crippen LogP contribution in [0.2, 0.25) is 0 Å². The quantitative estimate of drug-likeness (QED) is 0.218. The van der Waals surface area contributed by atoms with Gasteiger partial charge in [-0.1, -0.05) is 44.9 Å². The van der Waals surface area contributed by atoms with Crippen LogP contribution in [-0.4, -0.2) is 55.5 Å². The molecule has 9 fully saturated rings.